The van der Waals surface area contributed by atoms with E-state index in [0.29, 0.717) is 17.9 Å². The Kier molecular flexibility index (Phi) is 6.30. The number of esters is 1. The molecule has 0 fully saturated rings. The van der Waals surface area contributed by atoms with Crippen molar-refractivity contribution >= 4 is 51.2 Å². The molecule has 0 aliphatic rings. The number of hydrogen-bond donors (Lipinski definition) is 0. The molecule has 0 heterocycles. The highest BCUT2D eigenvalue weighted by molar-refractivity contribution is 14.1. The Balaban J connectivity index is 2.18. The molecule has 2 aromatic rings. The summed E-state index contributed by atoms with van der Waals surface area (Å²) in [6.45, 7) is 2.58. The molecular formula is C16H14I2O4. The number of ether oxygens (including phenoxy) is 3. The van der Waals surface area contributed by atoms with E-state index in [0.717, 1.165) is 18.6 Å². The lowest BCUT2D eigenvalue weighted by atomic mass is 10.2. The Labute approximate surface area is 156 Å². The number of hydrogen-bond acceptors (Lipinski definition) is 4. The first-order valence-corrected chi connectivity index (χ1v) is 8.69. The minimum atomic E-state index is -0.364. The van der Waals surface area contributed by atoms with Crippen molar-refractivity contribution in [1.29, 1.82) is 0 Å². The van der Waals surface area contributed by atoms with Gasteiger partial charge in [-0.15, -0.1) is 0 Å². The molecule has 2 aromatic carbocycles. The average molecular weight is 524 g/mol. The summed E-state index contributed by atoms with van der Waals surface area (Å²) in [6, 6.07) is 10.7. The standard InChI is InChI=1S/C16H14I2O4/c1-3-21-15-13(17)8-12(9-14(15)18)22-11-6-4-10(5-7-11)16(19)20-2/h4-9H,3H2,1-2H3. The van der Waals surface area contributed by atoms with Crippen LogP contribution in [-0.2, 0) is 4.74 Å². The number of rotatable bonds is 5. The van der Waals surface area contributed by atoms with E-state index in [9.17, 15) is 4.79 Å². The van der Waals surface area contributed by atoms with Gasteiger partial charge in [0.2, 0.25) is 0 Å². The largest absolute Gasteiger partial charge is 0.492 e. The molecule has 4 nitrogen and oxygen atoms in total. The predicted molar refractivity (Wildman–Crippen MR) is 101 cm³/mol. The molecule has 0 aliphatic heterocycles. The van der Waals surface area contributed by atoms with Gasteiger partial charge in [0.05, 0.1) is 26.4 Å². The maximum Gasteiger partial charge on any atom is 0.337 e. The fourth-order valence-electron chi connectivity index (χ4n) is 1.79. The summed E-state index contributed by atoms with van der Waals surface area (Å²) in [4.78, 5) is 11.4. The molecule has 0 unspecified atom stereocenters. The third-order valence-electron chi connectivity index (χ3n) is 2.77. The van der Waals surface area contributed by atoms with Gasteiger partial charge in [0.1, 0.15) is 17.2 Å². The van der Waals surface area contributed by atoms with Gasteiger partial charge in [0.25, 0.3) is 0 Å². The molecule has 0 bridgehead atoms. The van der Waals surface area contributed by atoms with E-state index >= 15 is 0 Å². The first-order valence-electron chi connectivity index (χ1n) is 6.53. The third-order valence-corrected chi connectivity index (χ3v) is 4.37. The van der Waals surface area contributed by atoms with Gasteiger partial charge in [0.15, 0.2) is 0 Å². The zero-order valence-electron chi connectivity index (χ0n) is 12.1. The van der Waals surface area contributed by atoms with Crippen molar-refractivity contribution in [3.8, 4) is 17.2 Å². The monoisotopic (exact) mass is 524 g/mol. The molecule has 0 atom stereocenters. The Morgan fingerprint density at radius 1 is 1.05 bits per heavy atom. The Morgan fingerprint density at radius 2 is 1.64 bits per heavy atom. The SMILES string of the molecule is CCOc1c(I)cc(Oc2ccc(C(=O)OC)cc2)cc1I. The summed E-state index contributed by atoms with van der Waals surface area (Å²) >= 11 is 4.45. The molecule has 22 heavy (non-hydrogen) atoms. The lowest BCUT2D eigenvalue weighted by molar-refractivity contribution is 0.0600. The van der Waals surface area contributed by atoms with Gasteiger partial charge < -0.3 is 14.2 Å². The van der Waals surface area contributed by atoms with Crippen LogP contribution in [-0.4, -0.2) is 19.7 Å². The second kappa shape index (κ2) is 8.00. The summed E-state index contributed by atoms with van der Waals surface area (Å²) in [5.74, 6) is 1.89. The number of carbonyl (C=O) groups excluding carboxylic acids is 1. The number of methoxy groups -OCH3 is 1. The fraction of sp³-hybridized carbons (Fsp3) is 0.188. The van der Waals surface area contributed by atoms with Crippen LogP contribution in [0.1, 0.15) is 17.3 Å². The van der Waals surface area contributed by atoms with Gasteiger partial charge >= 0.3 is 5.97 Å². The first-order chi connectivity index (χ1) is 10.5. The molecule has 0 amide bonds. The van der Waals surface area contributed by atoms with Crippen molar-refractivity contribution in [3.05, 3.63) is 49.1 Å². The van der Waals surface area contributed by atoms with Crippen LogP contribution in [0.5, 0.6) is 17.2 Å². The second-order valence-corrected chi connectivity index (χ2v) is 6.59. The normalized spacial score (nSPS) is 10.2. The lowest BCUT2D eigenvalue weighted by Crippen LogP contribution is -2.00. The van der Waals surface area contributed by atoms with Crippen LogP contribution in [0.2, 0.25) is 0 Å². The van der Waals surface area contributed by atoms with Gasteiger partial charge in [-0.1, -0.05) is 0 Å². The van der Waals surface area contributed by atoms with Crippen LogP contribution in [0.3, 0.4) is 0 Å². The van der Waals surface area contributed by atoms with Crippen LogP contribution in [0, 0.1) is 7.14 Å². The molecule has 0 radical (unpaired) electrons. The maximum atomic E-state index is 11.4. The zero-order valence-corrected chi connectivity index (χ0v) is 16.4. The van der Waals surface area contributed by atoms with Crippen LogP contribution >= 0.6 is 45.2 Å². The van der Waals surface area contributed by atoms with E-state index in [4.69, 9.17) is 9.47 Å². The Bertz CT molecular complexity index is 645. The second-order valence-electron chi connectivity index (χ2n) is 4.27. The smallest absolute Gasteiger partial charge is 0.337 e. The van der Waals surface area contributed by atoms with E-state index in [1.165, 1.54) is 7.11 Å². The van der Waals surface area contributed by atoms with E-state index in [1.807, 2.05) is 19.1 Å². The number of halogens is 2. The molecule has 116 valence electrons. The molecule has 0 spiro atoms. The minimum Gasteiger partial charge on any atom is -0.492 e. The quantitative estimate of drug-likeness (QED) is 0.414. The highest BCUT2D eigenvalue weighted by Crippen LogP contribution is 2.33. The molecule has 0 aliphatic carbocycles. The molecule has 6 heteroatoms. The zero-order chi connectivity index (χ0) is 16.1. The Morgan fingerprint density at radius 3 is 2.14 bits per heavy atom. The average Bonchev–Trinajstić information content (AvgIpc) is 2.51. The molecule has 0 saturated carbocycles. The van der Waals surface area contributed by atoms with Crippen LogP contribution in [0.15, 0.2) is 36.4 Å². The summed E-state index contributed by atoms with van der Waals surface area (Å²) in [5, 5.41) is 0. The van der Waals surface area contributed by atoms with E-state index in [-0.39, 0.29) is 5.97 Å². The molecule has 0 N–H and O–H groups in total. The maximum absolute atomic E-state index is 11.4. The molecule has 2 rings (SSSR count). The van der Waals surface area contributed by atoms with Crippen molar-refractivity contribution in [2.24, 2.45) is 0 Å². The number of carbonyl (C=O) groups is 1. The lowest BCUT2D eigenvalue weighted by Gasteiger charge is -2.12. The first kappa shape index (κ1) is 17.3. The van der Waals surface area contributed by atoms with Crippen molar-refractivity contribution in [1.82, 2.24) is 0 Å². The molecular weight excluding hydrogens is 510 g/mol. The summed E-state index contributed by atoms with van der Waals surface area (Å²) in [5.41, 5.74) is 0.491. The van der Waals surface area contributed by atoms with Crippen molar-refractivity contribution in [3.63, 3.8) is 0 Å². The fourth-order valence-corrected chi connectivity index (χ4v) is 3.81. The van der Waals surface area contributed by atoms with Gasteiger partial charge in [-0.25, -0.2) is 4.79 Å². The minimum absolute atomic E-state index is 0.364. The molecule has 0 saturated heterocycles. The van der Waals surface area contributed by atoms with E-state index in [2.05, 4.69) is 49.9 Å². The summed E-state index contributed by atoms with van der Waals surface area (Å²) in [7, 11) is 1.36. The third kappa shape index (κ3) is 4.25. The summed E-state index contributed by atoms with van der Waals surface area (Å²) < 4.78 is 18.1. The summed E-state index contributed by atoms with van der Waals surface area (Å²) in [6.07, 6.45) is 0. The highest BCUT2D eigenvalue weighted by atomic mass is 127. The van der Waals surface area contributed by atoms with E-state index < -0.39 is 0 Å². The van der Waals surface area contributed by atoms with Gasteiger partial charge in [-0.2, -0.15) is 0 Å². The van der Waals surface area contributed by atoms with Crippen LogP contribution < -0.4 is 9.47 Å². The van der Waals surface area contributed by atoms with Gasteiger partial charge in [-0.05, 0) is 88.5 Å². The number of benzene rings is 2. The van der Waals surface area contributed by atoms with Crippen molar-refractivity contribution < 1.29 is 19.0 Å². The van der Waals surface area contributed by atoms with Crippen LogP contribution in [0.4, 0.5) is 0 Å². The Hall–Kier alpha value is -1.03. The predicted octanol–water partition coefficient (Wildman–Crippen LogP) is 4.87. The van der Waals surface area contributed by atoms with Crippen LogP contribution in [0.25, 0.3) is 0 Å². The van der Waals surface area contributed by atoms with Crippen molar-refractivity contribution in [2.75, 3.05) is 13.7 Å². The highest BCUT2D eigenvalue weighted by Gasteiger charge is 2.10. The topological polar surface area (TPSA) is 44.8 Å². The van der Waals surface area contributed by atoms with Crippen molar-refractivity contribution in [2.45, 2.75) is 6.92 Å². The van der Waals surface area contributed by atoms with E-state index in [1.54, 1.807) is 24.3 Å². The molecule has 0 aromatic heterocycles. The van der Waals surface area contributed by atoms with Gasteiger partial charge in [-0.3, -0.25) is 0 Å². The van der Waals surface area contributed by atoms with Gasteiger partial charge in [0, 0.05) is 0 Å².